The van der Waals surface area contributed by atoms with Crippen LogP contribution in [0, 0.1) is 0 Å². The van der Waals surface area contributed by atoms with Crippen molar-refractivity contribution in [1.82, 2.24) is 0 Å². The van der Waals surface area contributed by atoms with Crippen LogP contribution in [0.2, 0.25) is 0 Å². The van der Waals surface area contributed by atoms with Gasteiger partial charge >= 0.3 is 0 Å². The van der Waals surface area contributed by atoms with Gasteiger partial charge in [-0.1, -0.05) is 12.1 Å². The summed E-state index contributed by atoms with van der Waals surface area (Å²) in [4.78, 5) is 23.8. The molecule has 0 saturated heterocycles. The first kappa shape index (κ1) is 18.1. The first-order chi connectivity index (χ1) is 11.9. The molecule has 25 heavy (non-hydrogen) atoms. The SMILES string of the molecule is COc1ccc(C=CC(=O)c2ccc(O)c(C(C)=O)c2O)cc1OC. The minimum atomic E-state index is -0.534. The average molecular weight is 342 g/mol. The second-order valence-electron chi connectivity index (χ2n) is 5.22. The molecule has 0 aliphatic rings. The third-order valence-corrected chi connectivity index (χ3v) is 3.61. The van der Waals surface area contributed by atoms with Crippen LogP contribution >= 0.6 is 0 Å². The van der Waals surface area contributed by atoms with Gasteiger partial charge in [0.1, 0.15) is 17.1 Å². The van der Waals surface area contributed by atoms with E-state index in [0.717, 1.165) is 0 Å². The zero-order valence-corrected chi connectivity index (χ0v) is 14.1. The molecule has 0 aliphatic carbocycles. The van der Waals surface area contributed by atoms with Crippen molar-refractivity contribution in [2.75, 3.05) is 14.2 Å². The van der Waals surface area contributed by atoms with Crippen LogP contribution < -0.4 is 9.47 Å². The van der Waals surface area contributed by atoms with Gasteiger partial charge in [0.2, 0.25) is 0 Å². The van der Waals surface area contributed by atoms with Gasteiger partial charge in [-0.15, -0.1) is 0 Å². The molecule has 0 atom stereocenters. The largest absolute Gasteiger partial charge is 0.507 e. The number of ketones is 2. The molecule has 2 rings (SSSR count). The van der Waals surface area contributed by atoms with Crippen LogP contribution in [0.1, 0.15) is 33.2 Å². The number of methoxy groups -OCH3 is 2. The maximum Gasteiger partial charge on any atom is 0.189 e. The lowest BCUT2D eigenvalue weighted by Crippen LogP contribution is -2.01. The molecule has 6 heteroatoms. The smallest absolute Gasteiger partial charge is 0.189 e. The van der Waals surface area contributed by atoms with Crippen molar-refractivity contribution in [3.05, 3.63) is 53.1 Å². The molecule has 6 nitrogen and oxygen atoms in total. The van der Waals surface area contributed by atoms with Crippen molar-refractivity contribution in [1.29, 1.82) is 0 Å². The molecular formula is C19H18O6. The summed E-state index contributed by atoms with van der Waals surface area (Å²) in [7, 11) is 3.03. The van der Waals surface area contributed by atoms with Gasteiger partial charge in [0.15, 0.2) is 23.1 Å². The first-order valence-corrected chi connectivity index (χ1v) is 7.39. The molecule has 0 bridgehead atoms. The highest BCUT2D eigenvalue weighted by Crippen LogP contribution is 2.32. The minimum Gasteiger partial charge on any atom is -0.507 e. The second kappa shape index (κ2) is 7.53. The number of benzene rings is 2. The van der Waals surface area contributed by atoms with Crippen LogP contribution in [0.3, 0.4) is 0 Å². The third kappa shape index (κ3) is 3.80. The maximum atomic E-state index is 12.3. The Morgan fingerprint density at radius 2 is 1.68 bits per heavy atom. The fourth-order valence-electron chi connectivity index (χ4n) is 2.34. The summed E-state index contributed by atoms with van der Waals surface area (Å²) < 4.78 is 10.3. The Hall–Kier alpha value is -3.28. The first-order valence-electron chi connectivity index (χ1n) is 7.39. The van der Waals surface area contributed by atoms with E-state index in [9.17, 15) is 19.8 Å². The predicted octanol–water partition coefficient (Wildman–Crippen LogP) is 3.21. The van der Waals surface area contributed by atoms with Crippen molar-refractivity contribution < 1.29 is 29.3 Å². The Morgan fingerprint density at radius 3 is 2.28 bits per heavy atom. The van der Waals surface area contributed by atoms with Gasteiger partial charge in [0.05, 0.1) is 19.8 Å². The van der Waals surface area contributed by atoms with E-state index in [0.29, 0.717) is 17.1 Å². The van der Waals surface area contributed by atoms with E-state index < -0.39 is 17.3 Å². The molecule has 0 radical (unpaired) electrons. The molecule has 0 aromatic heterocycles. The number of Topliss-reactive ketones (excluding diaryl/α,β-unsaturated/α-hetero) is 1. The van der Waals surface area contributed by atoms with E-state index in [-0.39, 0.29) is 16.9 Å². The van der Waals surface area contributed by atoms with Crippen LogP contribution in [0.25, 0.3) is 6.08 Å². The molecule has 0 spiro atoms. The molecule has 0 aliphatic heterocycles. The van der Waals surface area contributed by atoms with Crippen molar-refractivity contribution >= 4 is 17.6 Å². The Labute approximate surface area is 144 Å². The summed E-state index contributed by atoms with van der Waals surface area (Å²) in [6, 6.07) is 7.60. The van der Waals surface area contributed by atoms with Crippen LogP contribution in [0.4, 0.5) is 0 Å². The summed E-state index contributed by atoms with van der Waals surface area (Å²) in [5, 5.41) is 19.7. The molecule has 0 amide bonds. The average Bonchev–Trinajstić information content (AvgIpc) is 2.59. The van der Waals surface area contributed by atoms with E-state index in [1.807, 2.05) is 0 Å². The molecule has 130 valence electrons. The van der Waals surface area contributed by atoms with Crippen molar-refractivity contribution in [3.8, 4) is 23.0 Å². The molecule has 2 aromatic carbocycles. The number of aromatic hydroxyl groups is 2. The summed E-state index contributed by atoms with van der Waals surface area (Å²) in [6.07, 6.45) is 2.81. The molecule has 0 fully saturated rings. The number of carbonyl (C=O) groups excluding carboxylic acids is 2. The predicted molar refractivity (Wildman–Crippen MR) is 92.7 cm³/mol. The van der Waals surface area contributed by atoms with Crippen LogP contribution in [-0.2, 0) is 0 Å². The van der Waals surface area contributed by atoms with Gasteiger partial charge in [0, 0.05) is 0 Å². The zero-order chi connectivity index (χ0) is 18.6. The summed E-state index contributed by atoms with van der Waals surface area (Å²) in [6.45, 7) is 1.20. The highest BCUT2D eigenvalue weighted by molar-refractivity contribution is 6.11. The fraction of sp³-hybridized carbons (Fsp3) is 0.158. The van der Waals surface area contributed by atoms with Gasteiger partial charge in [-0.2, -0.15) is 0 Å². The second-order valence-corrected chi connectivity index (χ2v) is 5.22. The van der Waals surface area contributed by atoms with E-state index in [1.165, 1.54) is 39.4 Å². The molecule has 0 heterocycles. The molecule has 0 saturated carbocycles. The van der Waals surface area contributed by atoms with E-state index in [4.69, 9.17) is 9.47 Å². The number of carbonyl (C=O) groups is 2. The number of ether oxygens (including phenoxy) is 2. The topological polar surface area (TPSA) is 93.1 Å². The number of rotatable bonds is 6. The van der Waals surface area contributed by atoms with Gasteiger partial charge in [0.25, 0.3) is 0 Å². The molecule has 2 aromatic rings. The summed E-state index contributed by atoms with van der Waals surface area (Å²) in [5.41, 5.74) is 0.348. The molecule has 0 unspecified atom stereocenters. The summed E-state index contributed by atoms with van der Waals surface area (Å²) in [5.74, 6) is -0.861. The lowest BCUT2D eigenvalue weighted by molar-refractivity contribution is 0.101. The van der Waals surface area contributed by atoms with Gasteiger partial charge < -0.3 is 19.7 Å². The van der Waals surface area contributed by atoms with Crippen molar-refractivity contribution in [2.24, 2.45) is 0 Å². The van der Waals surface area contributed by atoms with Gasteiger partial charge in [-0.05, 0) is 42.8 Å². The van der Waals surface area contributed by atoms with Crippen LogP contribution in [0.5, 0.6) is 23.0 Å². The van der Waals surface area contributed by atoms with E-state index in [1.54, 1.807) is 24.3 Å². The van der Waals surface area contributed by atoms with Gasteiger partial charge in [-0.25, -0.2) is 0 Å². The van der Waals surface area contributed by atoms with Crippen LogP contribution in [0.15, 0.2) is 36.4 Å². The zero-order valence-electron chi connectivity index (χ0n) is 14.1. The molecule has 2 N–H and O–H groups in total. The van der Waals surface area contributed by atoms with Gasteiger partial charge in [-0.3, -0.25) is 9.59 Å². The maximum absolute atomic E-state index is 12.3. The lowest BCUT2D eigenvalue weighted by Gasteiger charge is -2.08. The Balaban J connectivity index is 2.33. The fourth-order valence-corrected chi connectivity index (χ4v) is 2.34. The lowest BCUT2D eigenvalue weighted by atomic mass is 10.0. The number of allylic oxidation sites excluding steroid dienone is 1. The van der Waals surface area contributed by atoms with Crippen molar-refractivity contribution in [2.45, 2.75) is 6.92 Å². The third-order valence-electron chi connectivity index (χ3n) is 3.61. The highest BCUT2D eigenvalue weighted by atomic mass is 16.5. The number of phenolic OH excluding ortho intramolecular Hbond substituents is 2. The van der Waals surface area contributed by atoms with Crippen molar-refractivity contribution in [3.63, 3.8) is 0 Å². The Kier molecular flexibility index (Phi) is 5.44. The van der Waals surface area contributed by atoms with E-state index in [2.05, 4.69) is 0 Å². The van der Waals surface area contributed by atoms with Crippen LogP contribution in [-0.4, -0.2) is 36.0 Å². The monoisotopic (exact) mass is 342 g/mol. The molecular weight excluding hydrogens is 324 g/mol. The standard InChI is InChI=1S/C19H18O6/c1-11(20)18-15(22)8-6-13(19(18)23)14(21)7-4-12-5-9-16(24-2)17(10-12)25-3/h4-10,22-23H,1-3H3. The number of phenols is 2. The highest BCUT2D eigenvalue weighted by Gasteiger charge is 2.19. The quantitative estimate of drug-likeness (QED) is 0.618. The normalized spacial score (nSPS) is 10.7. The summed E-state index contributed by atoms with van der Waals surface area (Å²) >= 11 is 0. The number of hydrogen-bond acceptors (Lipinski definition) is 6. The Morgan fingerprint density at radius 1 is 1.00 bits per heavy atom. The van der Waals surface area contributed by atoms with E-state index >= 15 is 0 Å². The Bertz CT molecular complexity index is 851. The minimum absolute atomic E-state index is 0.0697. The number of hydrogen-bond donors (Lipinski definition) is 2.